The van der Waals surface area contributed by atoms with E-state index in [1.165, 1.54) is 6.07 Å². The highest BCUT2D eigenvalue weighted by Crippen LogP contribution is 2.27. The summed E-state index contributed by atoms with van der Waals surface area (Å²) in [5, 5.41) is 2.81. The molecular formula is C27H32N2O7. The van der Waals surface area contributed by atoms with Gasteiger partial charge < -0.3 is 33.6 Å². The Hall–Kier alpha value is -4.14. The summed E-state index contributed by atoms with van der Waals surface area (Å²) in [5.74, 6) is 2.59. The van der Waals surface area contributed by atoms with Crippen LogP contribution in [0.4, 0.5) is 0 Å². The first-order chi connectivity index (χ1) is 17.4. The number of aromatic nitrogens is 1. The predicted octanol–water partition coefficient (Wildman–Crippen LogP) is 3.00. The Labute approximate surface area is 210 Å². The summed E-state index contributed by atoms with van der Waals surface area (Å²) in [4.78, 5) is 24.6. The van der Waals surface area contributed by atoms with Crippen LogP contribution in [-0.4, -0.2) is 51.6 Å². The Morgan fingerprint density at radius 2 is 1.61 bits per heavy atom. The summed E-state index contributed by atoms with van der Waals surface area (Å²) in [6.45, 7) is 2.84. The molecule has 0 bridgehead atoms. The number of nitrogens with one attached hydrogen (secondary N) is 1. The molecule has 1 N–H and O–H groups in total. The van der Waals surface area contributed by atoms with Crippen molar-refractivity contribution in [1.82, 2.24) is 9.88 Å². The number of hydrogen-bond acceptors (Lipinski definition) is 7. The van der Waals surface area contributed by atoms with E-state index in [1.54, 1.807) is 34.4 Å². The number of hydrogen-bond donors (Lipinski definition) is 1. The van der Waals surface area contributed by atoms with E-state index in [1.807, 2.05) is 47.0 Å². The second kappa shape index (κ2) is 13.1. The van der Waals surface area contributed by atoms with E-state index >= 15 is 0 Å². The fourth-order valence-corrected chi connectivity index (χ4v) is 3.58. The van der Waals surface area contributed by atoms with Crippen molar-refractivity contribution in [1.29, 1.82) is 0 Å². The van der Waals surface area contributed by atoms with E-state index < -0.39 is 0 Å². The van der Waals surface area contributed by atoms with Gasteiger partial charge in [0.2, 0.25) is 5.43 Å². The van der Waals surface area contributed by atoms with Crippen LogP contribution < -0.4 is 34.4 Å². The molecular weight excluding hydrogens is 464 g/mol. The van der Waals surface area contributed by atoms with Gasteiger partial charge in [-0.05, 0) is 55.3 Å². The van der Waals surface area contributed by atoms with Crippen LogP contribution in [0.2, 0.25) is 0 Å². The molecule has 0 aliphatic heterocycles. The average Bonchev–Trinajstić information content (AvgIpc) is 2.90. The molecule has 0 spiro atoms. The lowest BCUT2D eigenvalue weighted by Crippen LogP contribution is -2.31. The van der Waals surface area contributed by atoms with Crippen molar-refractivity contribution < 1.29 is 28.5 Å². The van der Waals surface area contributed by atoms with Gasteiger partial charge in [-0.3, -0.25) is 9.59 Å². The maximum absolute atomic E-state index is 12.3. The Kier molecular flexibility index (Phi) is 9.62. The number of nitrogens with zero attached hydrogens (tertiary/aromatic N) is 1. The highest BCUT2D eigenvalue weighted by molar-refractivity contribution is 5.77. The van der Waals surface area contributed by atoms with E-state index in [0.29, 0.717) is 43.3 Å². The number of rotatable bonds is 13. The highest BCUT2D eigenvalue weighted by atomic mass is 16.5. The Morgan fingerprint density at radius 1 is 0.889 bits per heavy atom. The molecule has 1 amide bonds. The first-order valence-corrected chi connectivity index (χ1v) is 11.5. The van der Waals surface area contributed by atoms with Gasteiger partial charge in [0.1, 0.15) is 18.1 Å². The van der Waals surface area contributed by atoms with E-state index in [4.69, 9.17) is 23.7 Å². The highest BCUT2D eigenvalue weighted by Gasteiger charge is 2.12. The molecule has 9 heteroatoms. The molecule has 0 saturated heterocycles. The molecule has 0 fully saturated rings. The van der Waals surface area contributed by atoms with Crippen LogP contribution in [0.15, 0.2) is 59.5 Å². The lowest BCUT2D eigenvalue weighted by atomic mass is 10.1. The number of ether oxygens (including phenoxy) is 5. The van der Waals surface area contributed by atoms with Gasteiger partial charge in [-0.2, -0.15) is 0 Å². The van der Waals surface area contributed by atoms with Crippen LogP contribution in [0.25, 0.3) is 0 Å². The number of amides is 1. The van der Waals surface area contributed by atoms with Gasteiger partial charge in [0.25, 0.3) is 5.91 Å². The Morgan fingerprint density at radius 3 is 2.31 bits per heavy atom. The summed E-state index contributed by atoms with van der Waals surface area (Å²) >= 11 is 0. The molecule has 36 heavy (non-hydrogen) atoms. The zero-order chi connectivity index (χ0) is 25.9. The number of methoxy groups -OCH3 is 3. The van der Waals surface area contributed by atoms with Gasteiger partial charge in [0, 0.05) is 18.8 Å². The van der Waals surface area contributed by atoms with Crippen molar-refractivity contribution in [2.45, 2.75) is 19.9 Å². The zero-order valence-electron chi connectivity index (χ0n) is 21.0. The lowest BCUT2D eigenvalue weighted by molar-refractivity contribution is -0.123. The summed E-state index contributed by atoms with van der Waals surface area (Å²) in [5.41, 5.74) is 1.34. The molecule has 3 aromatic rings. The largest absolute Gasteiger partial charge is 0.497 e. The van der Waals surface area contributed by atoms with Gasteiger partial charge in [-0.1, -0.05) is 6.07 Å². The fourth-order valence-electron chi connectivity index (χ4n) is 3.58. The molecule has 1 heterocycles. The Balaban J connectivity index is 1.48. The van der Waals surface area contributed by atoms with Crippen molar-refractivity contribution in [2.75, 3.05) is 41.1 Å². The maximum Gasteiger partial charge on any atom is 0.257 e. The predicted molar refractivity (Wildman–Crippen MR) is 136 cm³/mol. The standard InChI is InChI=1S/C27H32N2O7/c1-19-27(23(30)12-14-29(19)15-16-35-22-8-6-21(32-2)7-9-22)36-18-26(31)28-13-11-20-5-10-24(33-3)25(17-20)34-4/h5-10,12,14,17H,11,13,15-16,18H2,1-4H3,(H,28,31). The SMILES string of the molecule is COc1ccc(OCCn2ccc(=O)c(OCC(=O)NCCc3ccc(OC)c(OC)c3)c2C)cc1. The minimum absolute atomic E-state index is 0.150. The van der Waals surface area contributed by atoms with E-state index in [2.05, 4.69) is 5.32 Å². The fraction of sp³-hybridized carbons (Fsp3) is 0.333. The van der Waals surface area contributed by atoms with E-state index in [0.717, 1.165) is 17.1 Å². The second-order valence-corrected chi connectivity index (χ2v) is 7.89. The molecule has 9 nitrogen and oxygen atoms in total. The molecule has 2 aromatic carbocycles. The summed E-state index contributed by atoms with van der Waals surface area (Å²) in [7, 11) is 4.77. The molecule has 0 unspecified atom stereocenters. The lowest BCUT2D eigenvalue weighted by Gasteiger charge is -2.15. The minimum atomic E-state index is -0.312. The zero-order valence-corrected chi connectivity index (χ0v) is 21.0. The molecule has 1 aromatic heterocycles. The van der Waals surface area contributed by atoms with Crippen molar-refractivity contribution >= 4 is 5.91 Å². The summed E-state index contributed by atoms with van der Waals surface area (Å²) in [6.07, 6.45) is 2.29. The first kappa shape index (κ1) is 26.5. The molecule has 0 atom stereocenters. The van der Waals surface area contributed by atoms with Crippen LogP contribution in [0, 0.1) is 6.92 Å². The quantitative estimate of drug-likeness (QED) is 0.389. The van der Waals surface area contributed by atoms with E-state index in [-0.39, 0.29) is 23.7 Å². The third-order valence-corrected chi connectivity index (χ3v) is 5.58. The topological polar surface area (TPSA) is 97.2 Å². The van der Waals surface area contributed by atoms with Gasteiger partial charge in [0.05, 0.1) is 33.6 Å². The van der Waals surface area contributed by atoms with Crippen LogP contribution in [-0.2, 0) is 17.8 Å². The molecule has 3 rings (SSSR count). The van der Waals surface area contributed by atoms with E-state index in [9.17, 15) is 9.59 Å². The van der Waals surface area contributed by atoms with Crippen molar-refractivity contribution in [3.05, 3.63) is 76.2 Å². The van der Waals surface area contributed by atoms with Gasteiger partial charge in [-0.15, -0.1) is 0 Å². The second-order valence-electron chi connectivity index (χ2n) is 7.89. The van der Waals surface area contributed by atoms with Gasteiger partial charge in [0.15, 0.2) is 23.9 Å². The molecule has 0 aliphatic carbocycles. The molecule has 192 valence electrons. The number of pyridine rings is 1. The average molecular weight is 497 g/mol. The minimum Gasteiger partial charge on any atom is -0.497 e. The summed E-state index contributed by atoms with van der Waals surface area (Å²) in [6, 6.07) is 14.3. The third kappa shape index (κ3) is 7.18. The molecule has 0 saturated carbocycles. The van der Waals surface area contributed by atoms with Crippen molar-refractivity contribution in [3.8, 4) is 28.7 Å². The molecule has 0 radical (unpaired) electrons. The maximum atomic E-state index is 12.3. The van der Waals surface area contributed by atoms with Crippen LogP contribution in [0.5, 0.6) is 28.7 Å². The van der Waals surface area contributed by atoms with Crippen LogP contribution >= 0.6 is 0 Å². The van der Waals surface area contributed by atoms with Gasteiger partial charge >= 0.3 is 0 Å². The third-order valence-electron chi connectivity index (χ3n) is 5.58. The number of carbonyl (C=O) groups excluding carboxylic acids is 1. The van der Waals surface area contributed by atoms with Gasteiger partial charge in [-0.25, -0.2) is 0 Å². The van der Waals surface area contributed by atoms with Crippen molar-refractivity contribution in [3.63, 3.8) is 0 Å². The number of benzene rings is 2. The summed E-state index contributed by atoms with van der Waals surface area (Å²) < 4.78 is 28.9. The monoisotopic (exact) mass is 496 g/mol. The number of carbonyl (C=O) groups is 1. The van der Waals surface area contributed by atoms with Crippen LogP contribution in [0.3, 0.4) is 0 Å². The smallest absolute Gasteiger partial charge is 0.257 e. The van der Waals surface area contributed by atoms with Crippen LogP contribution in [0.1, 0.15) is 11.3 Å². The molecule has 0 aliphatic rings. The Bertz CT molecular complexity index is 1210. The van der Waals surface area contributed by atoms with Crippen molar-refractivity contribution in [2.24, 2.45) is 0 Å². The first-order valence-electron chi connectivity index (χ1n) is 11.5. The normalized spacial score (nSPS) is 10.4.